The number of benzene rings is 1. The van der Waals surface area contributed by atoms with E-state index < -0.39 is 6.10 Å². The van der Waals surface area contributed by atoms with Crippen molar-refractivity contribution >= 4 is 15.9 Å². The number of hydrogen-bond acceptors (Lipinski definition) is 4. The van der Waals surface area contributed by atoms with Gasteiger partial charge in [-0.1, -0.05) is 28.8 Å². The van der Waals surface area contributed by atoms with Crippen molar-refractivity contribution in [2.75, 3.05) is 19.8 Å². The van der Waals surface area contributed by atoms with Gasteiger partial charge in [0.15, 0.2) is 0 Å². The van der Waals surface area contributed by atoms with Crippen molar-refractivity contribution in [3.8, 4) is 5.75 Å². The Bertz CT molecular complexity index is 412. The molecule has 0 radical (unpaired) electrons. The summed E-state index contributed by atoms with van der Waals surface area (Å²) < 4.78 is 6.56. The highest BCUT2D eigenvalue weighted by molar-refractivity contribution is 9.10. The van der Waals surface area contributed by atoms with E-state index in [9.17, 15) is 10.2 Å². The second kappa shape index (κ2) is 8.73. The number of ether oxygens (including phenoxy) is 1. The largest absolute Gasteiger partial charge is 0.491 e. The van der Waals surface area contributed by atoms with Crippen molar-refractivity contribution in [2.24, 2.45) is 5.92 Å². The van der Waals surface area contributed by atoms with Crippen LogP contribution in [0.1, 0.15) is 25.7 Å². The Morgan fingerprint density at radius 2 is 1.95 bits per heavy atom. The van der Waals surface area contributed by atoms with Gasteiger partial charge in [-0.05, 0) is 43.0 Å². The molecule has 118 valence electrons. The van der Waals surface area contributed by atoms with Crippen molar-refractivity contribution in [3.05, 3.63) is 28.7 Å². The summed E-state index contributed by atoms with van der Waals surface area (Å²) in [5.74, 6) is 1.07. The minimum Gasteiger partial charge on any atom is -0.491 e. The lowest BCUT2D eigenvalue weighted by molar-refractivity contribution is 0.0906. The van der Waals surface area contributed by atoms with Crippen molar-refractivity contribution in [1.82, 2.24) is 5.32 Å². The van der Waals surface area contributed by atoms with Gasteiger partial charge in [0.05, 0.1) is 0 Å². The minimum atomic E-state index is -0.546. The molecule has 0 bridgehead atoms. The average molecular weight is 358 g/mol. The predicted molar refractivity (Wildman–Crippen MR) is 86.5 cm³/mol. The standard InChI is InChI=1S/C16H24BrNO3/c17-13-5-7-15(8-6-13)21-11-14(20)9-18-16-4-2-1-3-12(16)10-19/h5-8,12,14,16,18-20H,1-4,9-11H2. The van der Waals surface area contributed by atoms with Crippen LogP contribution in [0.5, 0.6) is 5.75 Å². The summed E-state index contributed by atoms with van der Waals surface area (Å²) in [6.45, 7) is 0.992. The summed E-state index contributed by atoms with van der Waals surface area (Å²) >= 11 is 3.37. The van der Waals surface area contributed by atoms with Gasteiger partial charge in [-0.15, -0.1) is 0 Å². The van der Waals surface area contributed by atoms with E-state index in [0.717, 1.165) is 23.1 Å². The average Bonchev–Trinajstić information content (AvgIpc) is 2.52. The molecule has 0 saturated heterocycles. The normalized spacial score (nSPS) is 23.8. The first-order chi connectivity index (χ1) is 10.2. The molecular formula is C16H24BrNO3. The van der Waals surface area contributed by atoms with E-state index in [1.165, 1.54) is 12.8 Å². The molecule has 1 aromatic rings. The molecule has 0 aliphatic heterocycles. The van der Waals surface area contributed by atoms with Gasteiger partial charge in [0, 0.05) is 23.7 Å². The van der Waals surface area contributed by atoms with Gasteiger partial charge in [-0.3, -0.25) is 0 Å². The SMILES string of the molecule is OCC1CCCCC1NCC(O)COc1ccc(Br)cc1. The van der Waals surface area contributed by atoms with Crippen LogP contribution in [0, 0.1) is 5.92 Å². The molecule has 3 N–H and O–H groups in total. The predicted octanol–water partition coefficient (Wildman–Crippen LogP) is 2.33. The molecule has 2 rings (SSSR count). The lowest BCUT2D eigenvalue weighted by atomic mass is 9.85. The Kier molecular flexibility index (Phi) is 6.96. The second-order valence-electron chi connectivity index (χ2n) is 5.66. The van der Waals surface area contributed by atoms with Gasteiger partial charge in [0.2, 0.25) is 0 Å². The number of nitrogens with one attached hydrogen (secondary N) is 1. The Labute approximate surface area is 134 Å². The molecule has 1 aromatic carbocycles. The van der Waals surface area contributed by atoms with E-state index in [2.05, 4.69) is 21.2 Å². The Morgan fingerprint density at radius 1 is 1.24 bits per heavy atom. The van der Waals surface area contributed by atoms with Crippen LogP contribution in [0.3, 0.4) is 0 Å². The monoisotopic (exact) mass is 357 g/mol. The third-order valence-corrected chi connectivity index (χ3v) is 4.54. The fourth-order valence-corrected chi connectivity index (χ4v) is 3.03. The maximum atomic E-state index is 10.00. The molecule has 0 spiro atoms. The van der Waals surface area contributed by atoms with Gasteiger partial charge in [-0.25, -0.2) is 0 Å². The van der Waals surface area contributed by atoms with Crippen LogP contribution in [-0.2, 0) is 0 Å². The topological polar surface area (TPSA) is 61.7 Å². The highest BCUT2D eigenvalue weighted by Gasteiger charge is 2.24. The fraction of sp³-hybridized carbons (Fsp3) is 0.625. The number of halogens is 1. The van der Waals surface area contributed by atoms with Crippen molar-refractivity contribution in [2.45, 2.75) is 37.8 Å². The van der Waals surface area contributed by atoms with Gasteiger partial charge in [0.1, 0.15) is 18.5 Å². The van der Waals surface area contributed by atoms with Gasteiger partial charge >= 0.3 is 0 Å². The summed E-state index contributed by atoms with van der Waals surface area (Å²) in [5, 5.41) is 22.7. The molecule has 1 aliphatic carbocycles. The Morgan fingerprint density at radius 3 is 2.67 bits per heavy atom. The first-order valence-corrected chi connectivity index (χ1v) is 8.39. The molecule has 5 heteroatoms. The minimum absolute atomic E-state index is 0.225. The molecule has 1 saturated carbocycles. The van der Waals surface area contributed by atoms with Crippen molar-refractivity contribution in [3.63, 3.8) is 0 Å². The number of aliphatic hydroxyl groups excluding tert-OH is 2. The number of rotatable bonds is 7. The molecule has 0 amide bonds. The maximum absolute atomic E-state index is 10.00. The first-order valence-electron chi connectivity index (χ1n) is 7.59. The highest BCUT2D eigenvalue weighted by Crippen LogP contribution is 2.23. The third kappa shape index (κ3) is 5.58. The van der Waals surface area contributed by atoms with Crippen molar-refractivity contribution < 1.29 is 14.9 Å². The van der Waals surface area contributed by atoms with Gasteiger partial charge in [-0.2, -0.15) is 0 Å². The fourth-order valence-electron chi connectivity index (χ4n) is 2.76. The Balaban J connectivity index is 1.69. The summed E-state index contributed by atoms with van der Waals surface area (Å²) in [5.41, 5.74) is 0. The second-order valence-corrected chi connectivity index (χ2v) is 6.58. The molecule has 3 unspecified atom stereocenters. The van der Waals surface area contributed by atoms with Crippen molar-refractivity contribution in [1.29, 1.82) is 0 Å². The molecule has 4 nitrogen and oxygen atoms in total. The molecular weight excluding hydrogens is 334 g/mol. The van der Waals surface area contributed by atoms with E-state index >= 15 is 0 Å². The maximum Gasteiger partial charge on any atom is 0.119 e. The molecule has 3 atom stereocenters. The molecule has 1 fully saturated rings. The quantitative estimate of drug-likeness (QED) is 0.700. The molecule has 21 heavy (non-hydrogen) atoms. The van der Waals surface area contributed by atoms with Crippen LogP contribution < -0.4 is 10.1 Å². The summed E-state index contributed by atoms with van der Waals surface area (Å²) in [4.78, 5) is 0. The third-order valence-electron chi connectivity index (χ3n) is 4.02. The zero-order chi connectivity index (χ0) is 15.1. The van der Waals surface area contributed by atoms with Gasteiger partial charge in [0.25, 0.3) is 0 Å². The zero-order valence-electron chi connectivity index (χ0n) is 12.2. The van der Waals surface area contributed by atoms with Crippen LogP contribution in [-0.4, -0.2) is 42.1 Å². The van der Waals surface area contributed by atoms with Gasteiger partial charge < -0.3 is 20.3 Å². The van der Waals surface area contributed by atoms with E-state index in [1.807, 2.05) is 24.3 Å². The first kappa shape index (κ1) is 16.7. The van der Waals surface area contributed by atoms with Crippen LogP contribution in [0.2, 0.25) is 0 Å². The smallest absolute Gasteiger partial charge is 0.119 e. The summed E-state index contributed by atoms with van der Waals surface area (Å²) in [6, 6.07) is 7.87. The van der Waals surface area contributed by atoms with Crippen LogP contribution >= 0.6 is 15.9 Å². The number of hydrogen-bond donors (Lipinski definition) is 3. The number of aliphatic hydroxyl groups is 2. The van der Waals surface area contributed by atoms with Crippen LogP contribution in [0.15, 0.2) is 28.7 Å². The summed E-state index contributed by atoms with van der Waals surface area (Å²) in [7, 11) is 0. The Hall–Kier alpha value is -0.620. The molecule has 0 aromatic heterocycles. The van der Waals surface area contributed by atoms with E-state index in [0.29, 0.717) is 18.5 Å². The van der Waals surface area contributed by atoms with E-state index in [4.69, 9.17) is 4.74 Å². The highest BCUT2D eigenvalue weighted by atomic mass is 79.9. The molecule has 0 heterocycles. The van der Waals surface area contributed by atoms with E-state index in [1.54, 1.807) is 0 Å². The zero-order valence-corrected chi connectivity index (χ0v) is 13.8. The van der Waals surface area contributed by atoms with Crippen LogP contribution in [0.25, 0.3) is 0 Å². The lowest BCUT2D eigenvalue weighted by Crippen LogP contribution is -2.44. The summed E-state index contributed by atoms with van der Waals surface area (Å²) in [6.07, 6.45) is 3.98. The lowest BCUT2D eigenvalue weighted by Gasteiger charge is -2.31. The molecule has 1 aliphatic rings. The van der Waals surface area contributed by atoms with E-state index in [-0.39, 0.29) is 13.2 Å². The van der Waals surface area contributed by atoms with Crippen LogP contribution in [0.4, 0.5) is 0 Å².